The zero-order valence-electron chi connectivity index (χ0n) is 12.3. The van der Waals surface area contributed by atoms with Crippen molar-refractivity contribution in [3.8, 4) is 0 Å². The highest BCUT2D eigenvalue weighted by molar-refractivity contribution is 7.99. The van der Waals surface area contributed by atoms with Gasteiger partial charge in [0.2, 0.25) is 0 Å². The second-order valence-corrected chi connectivity index (χ2v) is 8.68. The summed E-state index contributed by atoms with van der Waals surface area (Å²) >= 11 is 15.4. The number of ketones is 1. The Labute approximate surface area is 143 Å². The summed E-state index contributed by atoms with van der Waals surface area (Å²) in [5, 5.41) is 1.20. The first kappa shape index (κ1) is 16.9. The average molecular weight is 359 g/mol. The Balaban J connectivity index is 2.49. The van der Waals surface area contributed by atoms with E-state index in [1.54, 1.807) is 30.4 Å². The number of thiophene rings is 1. The minimum absolute atomic E-state index is 0.0119. The van der Waals surface area contributed by atoms with Gasteiger partial charge in [0, 0.05) is 14.7 Å². The topological polar surface area (TPSA) is 17.1 Å². The summed E-state index contributed by atoms with van der Waals surface area (Å²) in [5.41, 5.74) is 0.0119. The number of carbonyl (C=O) groups is 1. The molecular weight excluding hydrogens is 343 g/mol. The van der Waals surface area contributed by atoms with Crippen LogP contribution in [-0.4, -0.2) is 5.78 Å². The van der Waals surface area contributed by atoms with Gasteiger partial charge < -0.3 is 0 Å². The molecule has 0 fully saturated rings. The molecule has 0 N–H and O–H groups in total. The van der Waals surface area contributed by atoms with Crippen molar-refractivity contribution in [1.29, 1.82) is 0 Å². The Morgan fingerprint density at radius 3 is 2.24 bits per heavy atom. The van der Waals surface area contributed by atoms with Crippen LogP contribution in [0.1, 0.15) is 42.2 Å². The van der Waals surface area contributed by atoms with Crippen molar-refractivity contribution in [2.45, 2.75) is 42.9 Å². The van der Waals surface area contributed by atoms with Crippen molar-refractivity contribution in [3.63, 3.8) is 0 Å². The first-order valence-electron chi connectivity index (χ1n) is 6.47. The highest BCUT2D eigenvalue weighted by atomic mass is 35.5. The van der Waals surface area contributed by atoms with Crippen LogP contribution in [-0.2, 0) is 5.41 Å². The molecule has 0 amide bonds. The van der Waals surface area contributed by atoms with Crippen LogP contribution in [0.25, 0.3) is 0 Å². The van der Waals surface area contributed by atoms with Gasteiger partial charge in [-0.1, -0.05) is 61.8 Å². The Kier molecular flexibility index (Phi) is 5.09. The summed E-state index contributed by atoms with van der Waals surface area (Å²) < 4.78 is 0. The van der Waals surface area contributed by atoms with E-state index in [2.05, 4.69) is 26.8 Å². The maximum absolute atomic E-state index is 11.9. The fourth-order valence-electron chi connectivity index (χ4n) is 1.76. The van der Waals surface area contributed by atoms with Crippen molar-refractivity contribution in [2.24, 2.45) is 0 Å². The lowest BCUT2D eigenvalue weighted by atomic mass is 9.95. The van der Waals surface area contributed by atoms with Crippen LogP contribution < -0.4 is 0 Å². The number of carbonyl (C=O) groups excluding carboxylic acids is 1. The van der Waals surface area contributed by atoms with E-state index in [1.807, 2.05) is 6.07 Å². The number of Topliss-reactive ketones (excluding diaryl/α,β-unsaturated/α-hetero) is 1. The van der Waals surface area contributed by atoms with Gasteiger partial charge in [-0.3, -0.25) is 4.79 Å². The maximum Gasteiger partial charge on any atom is 0.170 e. The molecule has 112 valence electrons. The molecule has 0 radical (unpaired) electrons. The van der Waals surface area contributed by atoms with E-state index >= 15 is 0 Å². The molecule has 2 aromatic rings. The molecule has 0 bridgehead atoms. The summed E-state index contributed by atoms with van der Waals surface area (Å²) in [7, 11) is 0. The van der Waals surface area contributed by atoms with Crippen LogP contribution in [0.3, 0.4) is 0 Å². The Hall–Kier alpha value is -0.480. The lowest BCUT2D eigenvalue weighted by Crippen LogP contribution is -2.07. The van der Waals surface area contributed by atoms with Crippen LogP contribution >= 0.6 is 46.3 Å². The molecule has 0 atom stereocenters. The van der Waals surface area contributed by atoms with Crippen LogP contribution in [0.15, 0.2) is 34.1 Å². The lowest BCUT2D eigenvalue weighted by molar-refractivity contribution is 0.101. The van der Waals surface area contributed by atoms with Gasteiger partial charge in [0.25, 0.3) is 0 Å². The number of hydrogen-bond acceptors (Lipinski definition) is 3. The number of hydrogen-bond donors (Lipinski definition) is 0. The zero-order valence-corrected chi connectivity index (χ0v) is 15.4. The maximum atomic E-state index is 11.9. The van der Waals surface area contributed by atoms with Crippen molar-refractivity contribution in [3.05, 3.63) is 44.1 Å². The van der Waals surface area contributed by atoms with Gasteiger partial charge in [0.15, 0.2) is 5.78 Å². The highest BCUT2D eigenvalue weighted by Crippen LogP contribution is 2.44. The van der Waals surface area contributed by atoms with E-state index < -0.39 is 0 Å². The van der Waals surface area contributed by atoms with Gasteiger partial charge in [0.05, 0.1) is 14.9 Å². The minimum atomic E-state index is 0.0119. The van der Waals surface area contributed by atoms with E-state index in [0.717, 1.165) is 14.7 Å². The van der Waals surface area contributed by atoms with Crippen molar-refractivity contribution < 1.29 is 4.79 Å². The van der Waals surface area contributed by atoms with Gasteiger partial charge >= 0.3 is 0 Å². The van der Waals surface area contributed by atoms with E-state index in [9.17, 15) is 4.79 Å². The molecule has 0 spiro atoms. The predicted molar refractivity (Wildman–Crippen MR) is 93.6 cm³/mol. The second-order valence-electron chi connectivity index (χ2n) is 5.76. The fourth-order valence-corrected chi connectivity index (χ4v) is 4.68. The number of halogens is 2. The molecule has 2 rings (SSSR count). The molecule has 1 aromatic carbocycles. The molecule has 1 aromatic heterocycles. The van der Waals surface area contributed by atoms with E-state index in [4.69, 9.17) is 23.2 Å². The van der Waals surface area contributed by atoms with Gasteiger partial charge in [-0.15, -0.1) is 11.3 Å². The van der Waals surface area contributed by atoms with E-state index in [-0.39, 0.29) is 11.2 Å². The molecule has 0 unspecified atom stereocenters. The van der Waals surface area contributed by atoms with E-state index in [0.29, 0.717) is 10.0 Å². The molecule has 5 heteroatoms. The molecule has 1 heterocycles. The third kappa shape index (κ3) is 3.84. The van der Waals surface area contributed by atoms with Crippen molar-refractivity contribution >= 4 is 52.1 Å². The van der Waals surface area contributed by atoms with Gasteiger partial charge in [-0.05, 0) is 30.5 Å². The third-order valence-electron chi connectivity index (χ3n) is 2.89. The van der Waals surface area contributed by atoms with Crippen molar-refractivity contribution in [2.75, 3.05) is 0 Å². The zero-order chi connectivity index (χ0) is 15.8. The van der Waals surface area contributed by atoms with Crippen LogP contribution in [0.5, 0.6) is 0 Å². The molecule has 0 aliphatic heterocycles. The van der Waals surface area contributed by atoms with Gasteiger partial charge in [-0.2, -0.15) is 0 Å². The summed E-state index contributed by atoms with van der Waals surface area (Å²) in [6.07, 6.45) is 0. The number of rotatable bonds is 3. The SMILES string of the molecule is CC(=O)c1sc(C(C)(C)C)cc1Sc1c(Cl)cccc1Cl. The predicted octanol–water partition coefficient (Wildman–Crippen LogP) is 6.71. The summed E-state index contributed by atoms with van der Waals surface area (Å²) in [6, 6.07) is 7.50. The molecule has 0 saturated carbocycles. The Morgan fingerprint density at radius 2 is 1.76 bits per heavy atom. The molecule has 0 aliphatic carbocycles. The molecule has 1 nitrogen and oxygen atoms in total. The first-order chi connectivity index (χ1) is 9.70. The van der Waals surface area contributed by atoms with Crippen LogP contribution in [0.2, 0.25) is 10.0 Å². The fraction of sp³-hybridized carbons (Fsp3) is 0.312. The lowest BCUT2D eigenvalue weighted by Gasteiger charge is -2.15. The molecule has 21 heavy (non-hydrogen) atoms. The Bertz CT molecular complexity index is 664. The standard InChI is InChI=1S/C16H16Cl2OS2/c1-9(19)14-12(8-13(21-14)16(2,3)4)20-15-10(17)6-5-7-11(15)18/h5-8H,1-4H3. The molecule has 0 saturated heterocycles. The third-order valence-corrected chi connectivity index (χ3v) is 6.72. The molecular formula is C16H16Cl2OS2. The largest absolute Gasteiger partial charge is 0.294 e. The highest BCUT2D eigenvalue weighted by Gasteiger charge is 2.22. The van der Waals surface area contributed by atoms with Crippen LogP contribution in [0, 0.1) is 0 Å². The second kappa shape index (κ2) is 6.33. The first-order valence-corrected chi connectivity index (χ1v) is 8.86. The smallest absolute Gasteiger partial charge is 0.170 e. The average Bonchev–Trinajstić information content (AvgIpc) is 2.78. The van der Waals surface area contributed by atoms with E-state index in [1.165, 1.54) is 16.6 Å². The van der Waals surface area contributed by atoms with Gasteiger partial charge in [-0.25, -0.2) is 0 Å². The molecule has 0 aliphatic rings. The number of benzene rings is 1. The van der Waals surface area contributed by atoms with Crippen LogP contribution in [0.4, 0.5) is 0 Å². The quantitative estimate of drug-likeness (QED) is 0.567. The normalized spacial score (nSPS) is 11.7. The summed E-state index contributed by atoms with van der Waals surface area (Å²) in [4.78, 5) is 15.6. The summed E-state index contributed by atoms with van der Waals surface area (Å²) in [6.45, 7) is 8.01. The summed E-state index contributed by atoms with van der Waals surface area (Å²) in [5.74, 6) is 0.0705. The monoisotopic (exact) mass is 358 g/mol. The van der Waals surface area contributed by atoms with Gasteiger partial charge in [0.1, 0.15) is 0 Å². The van der Waals surface area contributed by atoms with Crippen molar-refractivity contribution in [1.82, 2.24) is 0 Å². The Morgan fingerprint density at radius 1 is 1.19 bits per heavy atom. The minimum Gasteiger partial charge on any atom is -0.294 e.